The van der Waals surface area contributed by atoms with Crippen LogP contribution in [0.1, 0.15) is 63.9 Å². The number of hydrogen-bond donors (Lipinski definition) is 2. The smallest absolute Gasteiger partial charge is 0.343 e. The standard InChI is InChI=1S/C37H36N4O8/c1-46-30-20-16-26(17-21-30)36(44)48-32-12-8-6-10-28(32)24-38-40-34(42)14-4-3-5-15-35(43)41-39-25-29-11-7-9-13-33(29)49-37(45)27-18-22-31(47-2)23-19-27/h6-13,16-25H,3-5,14-15H2,1-2H3,(H,40,42)(H,41,43)/b38-24+,39-25+. The molecule has 0 atom stereocenters. The SMILES string of the molecule is COc1ccc(C(=O)Oc2ccccc2/C=N/NC(=O)CCCCCC(=O)N/N=C/c2ccccc2OC(=O)c2ccc(OC)cc2)cc1. The lowest BCUT2D eigenvalue weighted by molar-refractivity contribution is -0.121. The highest BCUT2D eigenvalue weighted by Crippen LogP contribution is 2.20. The Balaban J connectivity index is 1.14. The lowest BCUT2D eigenvalue weighted by atomic mass is 10.1. The summed E-state index contributed by atoms with van der Waals surface area (Å²) in [5, 5.41) is 7.98. The van der Waals surface area contributed by atoms with Gasteiger partial charge in [-0.25, -0.2) is 20.4 Å². The third-order valence-electron chi connectivity index (χ3n) is 6.99. The van der Waals surface area contributed by atoms with Crippen molar-refractivity contribution in [1.82, 2.24) is 10.9 Å². The van der Waals surface area contributed by atoms with Gasteiger partial charge in [0, 0.05) is 24.0 Å². The number of ether oxygens (including phenoxy) is 4. The number of methoxy groups -OCH3 is 2. The molecule has 0 fully saturated rings. The fourth-order valence-corrected chi connectivity index (χ4v) is 4.34. The number of benzene rings is 4. The Morgan fingerprint density at radius 1 is 0.551 bits per heavy atom. The van der Waals surface area contributed by atoms with Crippen molar-refractivity contribution < 1.29 is 38.1 Å². The zero-order chi connectivity index (χ0) is 34.8. The number of carbonyl (C=O) groups is 4. The van der Waals surface area contributed by atoms with Gasteiger partial charge in [0.15, 0.2) is 0 Å². The number of para-hydroxylation sites is 2. The number of nitrogens with one attached hydrogen (secondary N) is 2. The number of unbranched alkanes of at least 4 members (excludes halogenated alkanes) is 2. The molecule has 0 aromatic heterocycles. The number of rotatable bonds is 16. The van der Waals surface area contributed by atoms with E-state index in [1.807, 2.05) is 0 Å². The van der Waals surface area contributed by atoms with Crippen LogP contribution in [0.25, 0.3) is 0 Å². The summed E-state index contributed by atoms with van der Waals surface area (Å²) in [6.45, 7) is 0. The van der Waals surface area contributed by atoms with Crippen molar-refractivity contribution in [2.24, 2.45) is 10.2 Å². The number of esters is 2. The van der Waals surface area contributed by atoms with Gasteiger partial charge in [0.2, 0.25) is 11.8 Å². The second-order valence-corrected chi connectivity index (χ2v) is 10.5. The monoisotopic (exact) mass is 664 g/mol. The van der Waals surface area contributed by atoms with Gasteiger partial charge >= 0.3 is 11.9 Å². The minimum Gasteiger partial charge on any atom is -0.497 e. The zero-order valence-corrected chi connectivity index (χ0v) is 27.1. The van der Waals surface area contributed by atoms with Crippen LogP contribution in [-0.2, 0) is 9.59 Å². The third kappa shape index (κ3) is 11.5. The van der Waals surface area contributed by atoms with Gasteiger partial charge in [0.05, 0.1) is 37.8 Å². The van der Waals surface area contributed by atoms with Crippen molar-refractivity contribution in [1.29, 1.82) is 0 Å². The Morgan fingerprint density at radius 2 is 0.939 bits per heavy atom. The highest BCUT2D eigenvalue weighted by Gasteiger charge is 2.13. The number of nitrogens with zero attached hydrogens (tertiary/aromatic N) is 2. The van der Waals surface area contributed by atoms with Gasteiger partial charge in [-0.2, -0.15) is 10.2 Å². The van der Waals surface area contributed by atoms with Crippen LogP contribution in [0.4, 0.5) is 0 Å². The average Bonchev–Trinajstić information content (AvgIpc) is 3.13. The second-order valence-electron chi connectivity index (χ2n) is 10.5. The van der Waals surface area contributed by atoms with E-state index in [4.69, 9.17) is 18.9 Å². The topological polar surface area (TPSA) is 154 Å². The molecule has 2 N–H and O–H groups in total. The first-order chi connectivity index (χ1) is 23.9. The molecule has 12 nitrogen and oxygen atoms in total. The minimum atomic E-state index is -0.540. The summed E-state index contributed by atoms with van der Waals surface area (Å²) in [7, 11) is 3.08. The summed E-state index contributed by atoms with van der Waals surface area (Å²) in [5.41, 5.74) is 6.68. The maximum Gasteiger partial charge on any atom is 0.343 e. The summed E-state index contributed by atoms with van der Waals surface area (Å²) in [4.78, 5) is 49.6. The largest absolute Gasteiger partial charge is 0.497 e. The van der Waals surface area contributed by atoms with E-state index < -0.39 is 11.9 Å². The molecular weight excluding hydrogens is 628 g/mol. The Morgan fingerprint density at radius 3 is 1.33 bits per heavy atom. The highest BCUT2D eigenvalue weighted by atomic mass is 16.5. The van der Waals surface area contributed by atoms with Crippen molar-refractivity contribution in [3.63, 3.8) is 0 Å². The Hall–Kier alpha value is -6.30. The molecule has 2 amide bonds. The van der Waals surface area contributed by atoms with E-state index in [-0.39, 0.29) is 24.7 Å². The molecule has 0 bridgehead atoms. The van der Waals surface area contributed by atoms with E-state index in [1.54, 1.807) is 111 Å². The summed E-state index contributed by atoms with van der Waals surface area (Å²) in [6.07, 6.45) is 5.00. The molecule has 0 aliphatic heterocycles. The summed E-state index contributed by atoms with van der Waals surface area (Å²) >= 11 is 0. The van der Waals surface area contributed by atoms with Gasteiger partial charge in [-0.05, 0) is 85.6 Å². The molecule has 0 unspecified atom stereocenters. The lowest BCUT2D eigenvalue weighted by Crippen LogP contribution is -2.18. The molecule has 0 aliphatic rings. The molecule has 0 aliphatic carbocycles. The van der Waals surface area contributed by atoms with E-state index >= 15 is 0 Å². The molecule has 4 aromatic carbocycles. The van der Waals surface area contributed by atoms with Gasteiger partial charge in [-0.1, -0.05) is 30.7 Å². The van der Waals surface area contributed by atoms with Crippen LogP contribution in [0, 0.1) is 0 Å². The van der Waals surface area contributed by atoms with E-state index in [2.05, 4.69) is 21.1 Å². The van der Waals surface area contributed by atoms with Gasteiger partial charge in [-0.3, -0.25) is 9.59 Å². The van der Waals surface area contributed by atoms with Crippen molar-refractivity contribution in [2.45, 2.75) is 32.1 Å². The van der Waals surface area contributed by atoms with E-state index in [1.165, 1.54) is 12.4 Å². The van der Waals surface area contributed by atoms with Crippen LogP contribution >= 0.6 is 0 Å². The molecule has 252 valence electrons. The van der Waals surface area contributed by atoms with E-state index in [0.29, 0.717) is 64.5 Å². The van der Waals surface area contributed by atoms with Gasteiger partial charge in [0.25, 0.3) is 0 Å². The molecular formula is C37H36N4O8. The number of hydrogen-bond acceptors (Lipinski definition) is 10. The molecule has 0 saturated heterocycles. The zero-order valence-electron chi connectivity index (χ0n) is 27.1. The van der Waals surface area contributed by atoms with Crippen LogP contribution in [-0.4, -0.2) is 50.4 Å². The highest BCUT2D eigenvalue weighted by molar-refractivity contribution is 5.94. The first-order valence-electron chi connectivity index (χ1n) is 15.4. The van der Waals surface area contributed by atoms with Gasteiger partial charge in [0.1, 0.15) is 23.0 Å². The Kier molecular flexibility index (Phi) is 13.6. The van der Waals surface area contributed by atoms with E-state index in [9.17, 15) is 19.2 Å². The molecule has 4 aromatic rings. The van der Waals surface area contributed by atoms with Crippen LogP contribution in [0.15, 0.2) is 107 Å². The lowest BCUT2D eigenvalue weighted by Gasteiger charge is -2.08. The first kappa shape index (κ1) is 35.6. The Bertz CT molecular complexity index is 1660. The number of amides is 2. The van der Waals surface area contributed by atoms with Crippen molar-refractivity contribution in [2.75, 3.05) is 14.2 Å². The average molecular weight is 665 g/mol. The molecule has 0 heterocycles. The third-order valence-corrected chi connectivity index (χ3v) is 6.99. The molecule has 49 heavy (non-hydrogen) atoms. The maximum absolute atomic E-state index is 12.5. The number of hydrazone groups is 2. The van der Waals surface area contributed by atoms with E-state index in [0.717, 1.165) is 0 Å². The molecule has 4 rings (SSSR count). The fourth-order valence-electron chi connectivity index (χ4n) is 4.34. The van der Waals surface area contributed by atoms with Crippen molar-refractivity contribution >= 4 is 36.2 Å². The van der Waals surface area contributed by atoms with Crippen molar-refractivity contribution in [3.05, 3.63) is 119 Å². The van der Waals surface area contributed by atoms with Crippen LogP contribution < -0.4 is 29.8 Å². The van der Waals surface area contributed by atoms with Crippen LogP contribution in [0.2, 0.25) is 0 Å². The van der Waals surface area contributed by atoms with Crippen LogP contribution in [0.3, 0.4) is 0 Å². The molecule has 0 saturated carbocycles. The molecule has 12 heteroatoms. The minimum absolute atomic E-state index is 0.219. The molecule has 0 radical (unpaired) electrons. The molecule has 0 spiro atoms. The van der Waals surface area contributed by atoms with Crippen molar-refractivity contribution in [3.8, 4) is 23.0 Å². The summed E-state index contributed by atoms with van der Waals surface area (Å²) in [6, 6.07) is 26.7. The van der Waals surface area contributed by atoms with Gasteiger partial charge < -0.3 is 18.9 Å². The summed E-state index contributed by atoms with van der Waals surface area (Å²) in [5.74, 6) is 0.179. The van der Waals surface area contributed by atoms with Crippen LogP contribution in [0.5, 0.6) is 23.0 Å². The normalized spacial score (nSPS) is 10.8. The first-order valence-corrected chi connectivity index (χ1v) is 15.4. The number of carbonyl (C=O) groups excluding carboxylic acids is 4. The summed E-state index contributed by atoms with van der Waals surface area (Å²) < 4.78 is 21.2. The van der Waals surface area contributed by atoms with Gasteiger partial charge in [-0.15, -0.1) is 0 Å². The quantitative estimate of drug-likeness (QED) is 0.0509. The maximum atomic E-state index is 12.5. The predicted molar refractivity (Wildman–Crippen MR) is 183 cm³/mol. The predicted octanol–water partition coefficient (Wildman–Crippen LogP) is 5.69. The fraction of sp³-hybridized carbons (Fsp3) is 0.189. The second kappa shape index (κ2) is 18.7. The Labute approximate surface area is 283 Å².